The normalized spacial score (nSPS) is 15.6. The van der Waals surface area contributed by atoms with Gasteiger partial charge in [-0.2, -0.15) is 0 Å². The van der Waals surface area contributed by atoms with Crippen LogP contribution in [-0.4, -0.2) is 51.0 Å². The number of nitrogens with one attached hydrogen (secondary N) is 1. The zero-order valence-corrected chi connectivity index (χ0v) is 10.3. The molecule has 1 fully saturated rings. The number of carboxylic acid groups (broad SMARTS) is 1. The molecule has 2 N–H and O–H groups in total. The smallest absolute Gasteiger partial charge is 0.328 e. The van der Waals surface area contributed by atoms with Crippen LogP contribution in [0, 0.1) is 0 Å². The van der Waals surface area contributed by atoms with E-state index in [1.165, 1.54) is 16.7 Å². The van der Waals surface area contributed by atoms with E-state index in [4.69, 9.17) is 17.3 Å². The molecule has 1 heterocycles. The van der Waals surface area contributed by atoms with Gasteiger partial charge in [0.25, 0.3) is 0 Å². The van der Waals surface area contributed by atoms with Gasteiger partial charge in [-0.15, -0.1) is 0 Å². The minimum Gasteiger partial charge on any atom is -0.478 e. The van der Waals surface area contributed by atoms with E-state index in [1.807, 2.05) is 0 Å². The van der Waals surface area contributed by atoms with Gasteiger partial charge in [-0.25, -0.2) is 4.79 Å². The predicted octanol–water partition coefficient (Wildman–Crippen LogP) is -0.396. The molecule has 0 saturated carbocycles. The summed E-state index contributed by atoms with van der Waals surface area (Å²) in [5.41, 5.74) is 0. The number of thiocarbonyl (C=S) groups is 1. The molecule has 92 valence electrons. The number of carbonyl (C=O) groups is 3. The highest BCUT2D eigenvalue weighted by molar-refractivity contribution is 8.23. The fourth-order valence-corrected chi connectivity index (χ4v) is 2.22. The average molecular weight is 274 g/mol. The predicted molar refractivity (Wildman–Crippen MR) is 66.6 cm³/mol. The minimum atomic E-state index is -1.19. The van der Waals surface area contributed by atoms with Crippen molar-refractivity contribution >= 4 is 46.1 Å². The number of amides is 2. The lowest BCUT2D eigenvalue weighted by Gasteiger charge is -2.14. The van der Waals surface area contributed by atoms with Gasteiger partial charge in [0, 0.05) is 25.2 Å². The summed E-state index contributed by atoms with van der Waals surface area (Å²) in [7, 11) is 0. The first-order valence-corrected chi connectivity index (χ1v) is 6.06. The number of carbonyl (C=O) groups excluding carboxylic acids is 2. The first-order chi connectivity index (χ1) is 8.00. The van der Waals surface area contributed by atoms with Crippen molar-refractivity contribution in [2.24, 2.45) is 0 Å². The van der Waals surface area contributed by atoms with Crippen molar-refractivity contribution in [3.8, 4) is 0 Å². The van der Waals surface area contributed by atoms with Crippen molar-refractivity contribution in [2.45, 2.75) is 0 Å². The molecule has 1 rings (SSSR count). The van der Waals surface area contributed by atoms with Crippen LogP contribution in [0.5, 0.6) is 0 Å². The van der Waals surface area contributed by atoms with E-state index < -0.39 is 11.9 Å². The number of aliphatic carboxylic acids is 1. The van der Waals surface area contributed by atoms with Crippen LogP contribution in [0.15, 0.2) is 12.2 Å². The highest BCUT2D eigenvalue weighted by atomic mass is 32.2. The van der Waals surface area contributed by atoms with E-state index >= 15 is 0 Å². The number of carboxylic acids is 1. The largest absolute Gasteiger partial charge is 0.478 e. The van der Waals surface area contributed by atoms with Gasteiger partial charge in [-0.1, -0.05) is 24.0 Å². The molecule has 6 nitrogen and oxygen atoms in total. The Labute approximate surface area is 107 Å². The molecule has 17 heavy (non-hydrogen) atoms. The topological polar surface area (TPSA) is 86.7 Å². The Bertz CT molecular complexity index is 378. The molecule has 8 heteroatoms. The van der Waals surface area contributed by atoms with Gasteiger partial charge in [-0.3, -0.25) is 14.5 Å². The second kappa shape index (κ2) is 6.36. The second-order valence-electron chi connectivity index (χ2n) is 3.06. The van der Waals surface area contributed by atoms with Crippen LogP contribution in [0.2, 0.25) is 0 Å². The number of hydrogen-bond donors (Lipinski definition) is 2. The number of thioether (sulfide) groups is 1. The maximum atomic E-state index is 11.3. The third-order valence-electron chi connectivity index (χ3n) is 1.85. The number of hydrogen-bond acceptors (Lipinski definition) is 5. The molecule has 0 aliphatic carbocycles. The standard InChI is InChI=1S/C9H10N2O4S2/c12-6(1-2-8(14)15)10-3-4-11-7(13)5-17-9(11)16/h1-2H,3-5H2,(H,10,12)(H,14,15)/b2-1+. The Morgan fingerprint density at radius 2 is 2.24 bits per heavy atom. The maximum absolute atomic E-state index is 11.3. The van der Waals surface area contributed by atoms with Gasteiger partial charge in [0.15, 0.2) is 0 Å². The van der Waals surface area contributed by atoms with Gasteiger partial charge in [0.2, 0.25) is 11.8 Å². The molecular weight excluding hydrogens is 264 g/mol. The summed E-state index contributed by atoms with van der Waals surface area (Å²) in [4.78, 5) is 33.9. The quantitative estimate of drug-likeness (QED) is 0.524. The SMILES string of the molecule is O=C(O)/C=C/C(=O)NCCN1C(=O)CSC1=S. The monoisotopic (exact) mass is 274 g/mol. The molecule has 1 aliphatic rings. The third-order valence-corrected chi connectivity index (χ3v) is 3.29. The van der Waals surface area contributed by atoms with E-state index in [9.17, 15) is 14.4 Å². The molecule has 1 aliphatic heterocycles. The molecule has 1 saturated heterocycles. The van der Waals surface area contributed by atoms with E-state index in [0.717, 1.165) is 12.2 Å². The molecule has 0 aromatic carbocycles. The summed E-state index contributed by atoms with van der Waals surface area (Å²) >= 11 is 6.24. The Kier molecular flexibility index (Phi) is 5.11. The summed E-state index contributed by atoms with van der Waals surface area (Å²) in [6.45, 7) is 0.534. The van der Waals surface area contributed by atoms with E-state index in [2.05, 4.69) is 5.32 Å². The Hall–Kier alpha value is -1.41. The van der Waals surface area contributed by atoms with Crippen LogP contribution in [-0.2, 0) is 14.4 Å². The van der Waals surface area contributed by atoms with E-state index in [0.29, 0.717) is 16.6 Å². The molecule has 0 aromatic heterocycles. The lowest BCUT2D eigenvalue weighted by atomic mass is 10.4. The maximum Gasteiger partial charge on any atom is 0.328 e. The molecule has 0 unspecified atom stereocenters. The molecule has 0 bridgehead atoms. The first-order valence-electron chi connectivity index (χ1n) is 4.66. The van der Waals surface area contributed by atoms with Crippen LogP contribution in [0.25, 0.3) is 0 Å². The molecule has 0 aromatic rings. The third kappa shape index (κ3) is 4.53. The summed E-state index contributed by atoms with van der Waals surface area (Å²) in [6, 6.07) is 0. The van der Waals surface area contributed by atoms with Crippen LogP contribution >= 0.6 is 24.0 Å². The lowest BCUT2D eigenvalue weighted by Crippen LogP contribution is -2.36. The Morgan fingerprint density at radius 1 is 1.53 bits per heavy atom. The Morgan fingerprint density at radius 3 is 2.76 bits per heavy atom. The van der Waals surface area contributed by atoms with Gasteiger partial charge >= 0.3 is 5.97 Å². The molecule has 0 atom stereocenters. The van der Waals surface area contributed by atoms with Crippen molar-refractivity contribution < 1.29 is 19.5 Å². The van der Waals surface area contributed by atoms with Gasteiger partial charge in [-0.05, 0) is 0 Å². The zero-order chi connectivity index (χ0) is 12.8. The van der Waals surface area contributed by atoms with Crippen molar-refractivity contribution in [3.63, 3.8) is 0 Å². The Balaban J connectivity index is 2.28. The van der Waals surface area contributed by atoms with E-state index in [1.54, 1.807) is 0 Å². The highest BCUT2D eigenvalue weighted by Gasteiger charge is 2.25. The summed E-state index contributed by atoms with van der Waals surface area (Å²) in [5.74, 6) is -1.44. The summed E-state index contributed by atoms with van der Waals surface area (Å²) in [6.07, 6.45) is 1.66. The molecule has 0 radical (unpaired) electrons. The van der Waals surface area contributed by atoms with Gasteiger partial charge in [0.1, 0.15) is 4.32 Å². The van der Waals surface area contributed by atoms with Crippen molar-refractivity contribution in [1.29, 1.82) is 0 Å². The average Bonchev–Trinajstić information content (AvgIpc) is 2.57. The molecule has 0 spiro atoms. The molecule has 2 amide bonds. The van der Waals surface area contributed by atoms with Crippen LogP contribution < -0.4 is 5.32 Å². The fourth-order valence-electron chi connectivity index (χ4n) is 1.09. The van der Waals surface area contributed by atoms with Crippen LogP contribution in [0.4, 0.5) is 0 Å². The van der Waals surface area contributed by atoms with Crippen molar-refractivity contribution in [3.05, 3.63) is 12.2 Å². The summed E-state index contributed by atoms with van der Waals surface area (Å²) in [5, 5.41) is 10.7. The number of nitrogens with zero attached hydrogens (tertiary/aromatic N) is 1. The van der Waals surface area contributed by atoms with Crippen molar-refractivity contribution in [2.75, 3.05) is 18.8 Å². The van der Waals surface area contributed by atoms with E-state index in [-0.39, 0.29) is 12.5 Å². The van der Waals surface area contributed by atoms with Gasteiger partial charge < -0.3 is 10.4 Å². The fraction of sp³-hybridized carbons (Fsp3) is 0.333. The van der Waals surface area contributed by atoms with Crippen molar-refractivity contribution in [1.82, 2.24) is 10.2 Å². The highest BCUT2D eigenvalue weighted by Crippen LogP contribution is 2.18. The van der Waals surface area contributed by atoms with Gasteiger partial charge in [0.05, 0.1) is 5.75 Å². The van der Waals surface area contributed by atoms with Crippen LogP contribution in [0.1, 0.15) is 0 Å². The zero-order valence-electron chi connectivity index (χ0n) is 8.71. The second-order valence-corrected chi connectivity index (χ2v) is 4.67. The first kappa shape index (κ1) is 13.7. The van der Waals surface area contributed by atoms with Crippen LogP contribution in [0.3, 0.4) is 0 Å². The summed E-state index contributed by atoms with van der Waals surface area (Å²) < 4.78 is 0.505. The minimum absolute atomic E-state index is 0.0738. The molecular formula is C9H10N2O4S2. The number of rotatable bonds is 5. The lowest BCUT2D eigenvalue weighted by molar-refractivity contribution is -0.131.